The van der Waals surface area contributed by atoms with Crippen LogP contribution in [0.15, 0.2) is 66.9 Å². The van der Waals surface area contributed by atoms with E-state index in [-0.39, 0.29) is 29.1 Å². The molecule has 0 spiro atoms. The van der Waals surface area contributed by atoms with Gasteiger partial charge in [0.2, 0.25) is 5.91 Å². The molecule has 0 bridgehead atoms. The molecule has 4 rings (SSSR count). The average molecular weight is 447 g/mol. The van der Waals surface area contributed by atoms with Crippen LogP contribution in [0.2, 0.25) is 0 Å². The molecule has 0 saturated carbocycles. The number of hydrogen-bond acceptors (Lipinski definition) is 6. The Morgan fingerprint density at radius 3 is 2.48 bits per heavy atom. The molecule has 0 fully saturated rings. The van der Waals surface area contributed by atoms with Gasteiger partial charge < -0.3 is 15.7 Å². The highest BCUT2D eigenvalue weighted by Crippen LogP contribution is 2.32. The fraction of sp³-hybridized carbons (Fsp3) is 0.125. The number of amides is 2. The Morgan fingerprint density at radius 1 is 1.03 bits per heavy atom. The number of nitrogens with zero attached hydrogens (tertiary/aromatic N) is 1. The molecule has 2 atom stereocenters. The van der Waals surface area contributed by atoms with Gasteiger partial charge in [-0.25, -0.2) is 4.39 Å². The first-order valence-electron chi connectivity index (χ1n) is 9.99. The molecule has 2 amide bonds. The number of benzene rings is 2. The van der Waals surface area contributed by atoms with E-state index in [4.69, 9.17) is 0 Å². The molecular formula is C24H18FN3O5. The summed E-state index contributed by atoms with van der Waals surface area (Å²) >= 11 is 0. The third-order valence-corrected chi connectivity index (χ3v) is 5.23. The van der Waals surface area contributed by atoms with E-state index in [2.05, 4.69) is 15.6 Å². The van der Waals surface area contributed by atoms with Crippen LogP contribution < -0.4 is 10.6 Å². The Kier molecular flexibility index (Phi) is 6.05. The van der Waals surface area contributed by atoms with Crippen molar-refractivity contribution in [2.45, 2.75) is 18.6 Å². The van der Waals surface area contributed by atoms with Crippen LogP contribution in [0.4, 0.5) is 10.1 Å². The first-order chi connectivity index (χ1) is 15.8. The first kappa shape index (κ1) is 22.0. The van der Waals surface area contributed by atoms with Crippen LogP contribution in [0.3, 0.4) is 0 Å². The van der Waals surface area contributed by atoms with Crippen LogP contribution in [-0.2, 0) is 16.1 Å². The smallest absolute Gasteiger partial charge is 0.274 e. The number of hydrogen-bond donors (Lipinski definition) is 3. The quantitative estimate of drug-likeness (QED) is 0.514. The highest BCUT2D eigenvalue weighted by atomic mass is 19.1. The lowest BCUT2D eigenvalue weighted by Gasteiger charge is -2.26. The van der Waals surface area contributed by atoms with Gasteiger partial charge in [-0.05, 0) is 47.5 Å². The fourth-order valence-corrected chi connectivity index (χ4v) is 3.54. The van der Waals surface area contributed by atoms with Crippen molar-refractivity contribution in [2.24, 2.45) is 0 Å². The van der Waals surface area contributed by atoms with E-state index in [9.17, 15) is 28.7 Å². The van der Waals surface area contributed by atoms with Crippen molar-refractivity contribution >= 4 is 29.1 Å². The number of carbonyl (C=O) groups excluding carboxylic acids is 4. The van der Waals surface area contributed by atoms with Gasteiger partial charge in [0.05, 0.1) is 0 Å². The molecule has 0 aliphatic heterocycles. The van der Waals surface area contributed by atoms with Crippen molar-refractivity contribution in [3.8, 4) is 0 Å². The van der Waals surface area contributed by atoms with Crippen LogP contribution in [0.5, 0.6) is 0 Å². The van der Waals surface area contributed by atoms with Crippen LogP contribution in [0, 0.1) is 5.82 Å². The minimum Gasteiger partial charge on any atom is -0.377 e. The number of fused-ring (bicyclic) bond motifs is 1. The minimum atomic E-state index is -2.00. The van der Waals surface area contributed by atoms with Crippen molar-refractivity contribution in [3.63, 3.8) is 0 Å². The summed E-state index contributed by atoms with van der Waals surface area (Å²) in [6.07, 6.45) is -0.539. The topological polar surface area (TPSA) is 125 Å². The molecule has 0 radical (unpaired) electrons. The second-order valence-corrected chi connectivity index (χ2v) is 7.42. The second-order valence-electron chi connectivity index (χ2n) is 7.42. The largest absolute Gasteiger partial charge is 0.377 e. The van der Waals surface area contributed by atoms with Crippen LogP contribution in [0.1, 0.15) is 37.9 Å². The summed E-state index contributed by atoms with van der Waals surface area (Å²) in [5.41, 5.74) is 1.10. The highest BCUT2D eigenvalue weighted by Gasteiger charge is 2.43. The van der Waals surface area contributed by atoms with Crippen molar-refractivity contribution < 1.29 is 28.7 Å². The first-order valence-corrected chi connectivity index (χ1v) is 9.99. The Balaban J connectivity index is 1.57. The number of aliphatic hydroxyl groups excluding tert-OH is 1. The van der Waals surface area contributed by atoms with E-state index >= 15 is 0 Å². The molecular weight excluding hydrogens is 429 g/mol. The number of pyridine rings is 1. The fourth-order valence-electron chi connectivity index (χ4n) is 3.54. The number of carbonyl (C=O) groups is 4. The molecule has 8 nitrogen and oxygen atoms in total. The van der Waals surface area contributed by atoms with Gasteiger partial charge in [-0.1, -0.05) is 24.3 Å². The zero-order valence-electron chi connectivity index (χ0n) is 17.1. The van der Waals surface area contributed by atoms with E-state index < -0.39 is 41.2 Å². The van der Waals surface area contributed by atoms with E-state index in [0.29, 0.717) is 5.56 Å². The van der Waals surface area contributed by atoms with E-state index in [1.54, 1.807) is 12.1 Å². The predicted octanol–water partition coefficient (Wildman–Crippen LogP) is 2.00. The van der Waals surface area contributed by atoms with Gasteiger partial charge in [0.1, 0.15) is 17.4 Å². The third kappa shape index (κ3) is 4.53. The summed E-state index contributed by atoms with van der Waals surface area (Å²) in [5, 5.41) is 15.3. The summed E-state index contributed by atoms with van der Waals surface area (Å²) in [4.78, 5) is 54.2. The standard InChI is InChI=1S/C24H18FN3O5/c25-14-6-4-13(5-7-14)12-27-24(33)19-16-9-8-15(11-17(16)20(29)22(31)21(19)30)28-23(32)18-3-1-2-10-26-18/h1-11,19,22,31H,12H2,(H,27,33)(H,28,32). The number of rotatable bonds is 5. The molecule has 2 aromatic carbocycles. The van der Waals surface area contributed by atoms with Gasteiger partial charge in [-0.2, -0.15) is 0 Å². The molecule has 3 aromatic rings. The molecule has 33 heavy (non-hydrogen) atoms. The van der Waals surface area contributed by atoms with Gasteiger partial charge in [0, 0.05) is 24.0 Å². The molecule has 1 aliphatic carbocycles. The number of Topliss-reactive ketones (excluding diaryl/α,β-unsaturated/α-hetero) is 2. The molecule has 9 heteroatoms. The lowest BCUT2D eigenvalue weighted by atomic mass is 9.78. The summed E-state index contributed by atoms with van der Waals surface area (Å²) in [7, 11) is 0. The Hall–Kier alpha value is -4.24. The van der Waals surface area contributed by atoms with E-state index in [1.165, 1.54) is 54.7 Å². The monoisotopic (exact) mass is 447 g/mol. The average Bonchev–Trinajstić information content (AvgIpc) is 2.83. The van der Waals surface area contributed by atoms with Gasteiger partial charge in [-0.3, -0.25) is 24.2 Å². The van der Waals surface area contributed by atoms with Crippen LogP contribution in [0.25, 0.3) is 0 Å². The third-order valence-electron chi connectivity index (χ3n) is 5.23. The molecule has 0 saturated heterocycles. The van der Waals surface area contributed by atoms with Crippen molar-refractivity contribution in [1.82, 2.24) is 10.3 Å². The number of ketones is 2. The maximum absolute atomic E-state index is 13.1. The molecule has 1 aliphatic rings. The highest BCUT2D eigenvalue weighted by molar-refractivity contribution is 6.25. The molecule has 3 N–H and O–H groups in total. The predicted molar refractivity (Wildman–Crippen MR) is 115 cm³/mol. The van der Waals surface area contributed by atoms with Crippen LogP contribution in [-0.4, -0.2) is 39.6 Å². The van der Waals surface area contributed by atoms with Crippen molar-refractivity contribution in [1.29, 1.82) is 0 Å². The van der Waals surface area contributed by atoms with Gasteiger partial charge >= 0.3 is 0 Å². The van der Waals surface area contributed by atoms with Crippen LogP contribution >= 0.6 is 0 Å². The molecule has 2 unspecified atom stereocenters. The van der Waals surface area contributed by atoms with Crippen molar-refractivity contribution in [3.05, 3.63) is 95.1 Å². The normalized spacial score (nSPS) is 17.3. The Bertz CT molecular complexity index is 1240. The molecule has 1 heterocycles. The Morgan fingerprint density at radius 2 is 1.79 bits per heavy atom. The number of halogens is 1. The van der Waals surface area contributed by atoms with Gasteiger partial charge in [-0.15, -0.1) is 0 Å². The zero-order chi connectivity index (χ0) is 23.5. The summed E-state index contributed by atoms with van der Waals surface area (Å²) < 4.78 is 13.1. The number of anilines is 1. The van der Waals surface area contributed by atoms with E-state index in [0.717, 1.165) is 0 Å². The second kappa shape index (κ2) is 9.09. The van der Waals surface area contributed by atoms with Gasteiger partial charge in [0.25, 0.3) is 5.91 Å². The molecule has 166 valence electrons. The number of aliphatic hydroxyl groups is 1. The number of aromatic nitrogens is 1. The lowest BCUT2D eigenvalue weighted by Crippen LogP contribution is -2.45. The minimum absolute atomic E-state index is 0.0283. The van der Waals surface area contributed by atoms with E-state index in [1.807, 2.05) is 0 Å². The summed E-state index contributed by atoms with van der Waals surface area (Å²) in [6.45, 7) is 0.0283. The lowest BCUT2D eigenvalue weighted by molar-refractivity contribution is -0.134. The SMILES string of the molecule is O=C(Nc1ccc2c(c1)C(=O)C(O)C(=O)C2C(=O)NCc1ccc(F)cc1)c1ccccn1. The van der Waals surface area contributed by atoms with Gasteiger partial charge in [0.15, 0.2) is 17.7 Å². The summed E-state index contributed by atoms with van der Waals surface area (Å²) in [6, 6.07) is 14.5. The molecule has 1 aromatic heterocycles. The maximum Gasteiger partial charge on any atom is 0.274 e. The zero-order valence-corrected chi connectivity index (χ0v) is 17.1. The summed E-state index contributed by atoms with van der Waals surface area (Å²) in [5.74, 6) is -4.84. The number of nitrogens with one attached hydrogen (secondary N) is 2. The van der Waals surface area contributed by atoms with Crippen molar-refractivity contribution in [2.75, 3.05) is 5.32 Å². The maximum atomic E-state index is 13.1. The Labute approximate surface area is 187 Å².